The summed E-state index contributed by atoms with van der Waals surface area (Å²) in [5.41, 5.74) is 1.01. The highest BCUT2D eigenvalue weighted by molar-refractivity contribution is 7.16. The van der Waals surface area contributed by atoms with E-state index in [1.165, 1.54) is 36.4 Å². The standard InChI is InChI=1S/C14H13FN4S/c15-11-6-4-9(5-7-11)8-12-16-17-14-19(12)18-13(20-14)10-2-1-3-10/h4-7,10H,1-3,8H2. The van der Waals surface area contributed by atoms with Crippen molar-refractivity contribution < 1.29 is 4.39 Å². The van der Waals surface area contributed by atoms with Crippen molar-refractivity contribution in [3.05, 3.63) is 46.5 Å². The Morgan fingerprint density at radius 1 is 1.20 bits per heavy atom. The third-order valence-corrected chi connectivity index (χ3v) is 4.86. The lowest BCUT2D eigenvalue weighted by Gasteiger charge is -2.21. The fourth-order valence-electron chi connectivity index (χ4n) is 2.39. The zero-order valence-corrected chi connectivity index (χ0v) is 11.6. The highest BCUT2D eigenvalue weighted by Gasteiger charge is 2.24. The van der Waals surface area contributed by atoms with Gasteiger partial charge in [0.15, 0.2) is 5.82 Å². The summed E-state index contributed by atoms with van der Waals surface area (Å²) >= 11 is 1.63. The highest BCUT2D eigenvalue weighted by Crippen LogP contribution is 2.38. The van der Waals surface area contributed by atoms with Gasteiger partial charge >= 0.3 is 0 Å². The molecule has 2 heterocycles. The Balaban J connectivity index is 1.65. The van der Waals surface area contributed by atoms with Crippen molar-refractivity contribution in [1.82, 2.24) is 19.8 Å². The molecule has 4 nitrogen and oxygen atoms in total. The Morgan fingerprint density at radius 3 is 2.70 bits per heavy atom. The number of benzene rings is 1. The van der Waals surface area contributed by atoms with Crippen molar-refractivity contribution in [2.75, 3.05) is 0 Å². The van der Waals surface area contributed by atoms with E-state index >= 15 is 0 Å². The van der Waals surface area contributed by atoms with Gasteiger partial charge in [0.2, 0.25) is 4.96 Å². The second-order valence-electron chi connectivity index (χ2n) is 5.18. The first-order chi connectivity index (χ1) is 9.79. The molecule has 0 bridgehead atoms. The van der Waals surface area contributed by atoms with E-state index in [-0.39, 0.29) is 5.82 Å². The number of nitrogens with zero attached hydrogens (tertiary/aromatic N) is 4. The van der Waals surface area contributed by atoms with Gasteiger partial charge in [0, 0.05) is 12.3 Å². The smallest absolute Gasteiger partial charge is 0.207 e. The van der Waals surface area contributed by atoms with Crippen LogP contribution in [0.1, 0.15) is 41.6 Å². The van der Waals surface area contributed by atoms with Crippen LogP contribution in [0, 0.1) is 5.82 Å². The van der Waals surface area contributed by atoms with E-state index < -0.39 is 0 Å². The molecular formula is C14H13FN4S. The molecule has 1 saturated carbocycles. The number of halogens is 1. The molecule has 0 aliphatic heterocycles. The summed E-state index contributed by atoms with van der Waals surface area (Å²) in [5, 5.41) is 14.2. The molecule has 0 unspecified atom stereocenters. The Kier molecular flexibility index (Phi) is 2.77. The average molecular weight is 288 g/mol. The summed E-state index contributed by atoms with van der Waals surface area (Å²) in [7, 11) is 0. The first kappa shape index (κ1) is 12.0. The summed E-state index contributed by atoms with van der Waals surface area (Å²) in [6, 6.07) is 6.48. The van der Waals surface area contributed by atoms with Gasteiger partial charge in [-0.15, -0.1) is 10.2 Å². The van der Waals surface area contributed by atoms with Crippen LogP contribution in [-0.2, 0) is 6.42 Å². The summed E-state index contributed by atoms with van der Waals surface area (Å²) in [4.78, 5) is 0.851. The average Bonchev–Trinajstić information content (AvgIpc) is 2.92. The molecule has 2 aromatic heterocycles. The highest BCUT2D eigenvalue weighted by atomic mass is 32.1. The fourth-order valence-corrected chi connectivity index (χ4v) is 3.41. The van der Waals surface area contributed by atoms with Gasteiger partial charge in [-0.3, -0.25) is 0 Å². The Labute approximate surface area is 119 Å². The molecule has 6 heteroatoms. The molecule has 3 aromatic rings. The van der Waals surface area contributed by atoms with Gasteiger partial charge in [0.05, 0.1) is 0 Å². The maximum absolute atomic E-state index is 12.9. The molecule has 0 N–H and O–H groups in total. The van der Waals surface area contributed by atoms with Crippen LogP contribution >= 0.6 is 11.3 Å². The molecule has 0 spiro atoms. The number of rotatable bonds is 3. The van der Waals surface area contributed by atoms with Crippen LogP contribution in [-0.4, -0.2) is 19.8 Å². The topological polar surface area (TPSA) is 43.1 Å². The zero-order valence-electron chi connectivity index (χ0n) is 10.8. The first-order valence-corrected chi connectivity index (χ1v) is 7.57. The van der Waals surface area contributed by atoms with Crippen molar-refractivity contribution in [1.29, 1.82) is 0 Å². The maximum Gasteiger partial charge on any atom is 0.234 e. The van der Waals surface area contributed by atoms with Crippen molar-refractivity contribution in [2.45, 2.75) is 31.6 Å². The molecule has 1 aromatic carbocycles. The van der Waals surface area contributed by atoms with E-state index in [1.807, 2.05) is 4.52 Å². The Bertz CT molecular complexity index is 742. The van der Waals surface area contributed by atoms with E-state index in [0.717, 1.165) is 16.3 Å². The number of hydrogen-bond acceptors (Lipinski definition) is 4. The molecule has 0 atom stereocenters. The summed E-state index contributed by atoms with van der Waals surface area (Å²) < 4.78 is 14.7. The van der Waals surface area contributed by atoms with Crippen LogP contribution in [0.3, 0.4) is 0 Å². The number of fused-ring (bicyclic) bond motifs is 1. The van der Waals surface area contributed by atoms with Crippen LogP contribution in [0.25, 0.3) is 4.96 Å². The van der Waals surface area contributed by atoms with Crippen molar-refractivity contribution in [3.8, 4) is 0 Å². The largest absolute Gasteiger partial charge is 0.234 e. The molecule has 1 fully saturated rings. The molecular weight excluding hydrogens is 275 g/mol. The third kappa shape index (κ3) is 2.00. The second kappa shape index (κ2) is 4.63. The minimum Gasteiger partial charge on any atom is -0.207 e. The number of aromatic nitrogens is 4. The SMILES string of the molecule is Fc1ccc(Cc2nnc3sc(C4CCC4)nn23)cc1. The summed E-state index contributed by atoms with van der Waals surface area (Å²) in [5.74, 6) is 1.20. The van der Waals surface area contributed by atoms with Gasteiger partial charge < -0.3 is 0 Å². The lowest BCUT2D eigenvalue weighted by atomic mass is 9.86. The van der Waals surface area contributed by atoms with E-state index in [9.17, 15) is 4.39 Å². The van der Waals surface area contributed by atoms with Gasteiger partial charge in [-0.05, 0) is 30.5 Å². The quantitative estimate of drug-likeness (QED) is 0.743. The first-order valence-electron chi connectivity index (χ1n) is 6.75. The maximum atomic E-state index is 12.9. The van der Waals surface area contributed by atoms with Crippen LogP contribution in [0.2, 0.25) is 0 Å². The fraction of sp³-hybridized carbons (Fsp3) is 0.357. The van der Waals surface area contributed by atoms with Crippen molar-refractivity contribution >= 4 is 16.3 Å². The molecule has 0 amide bonds. The number of hydrogen-bond donors (Lipinski definition) is 0. The van der Waals surface area contributed by atoms with Crippen molar-refractivity contribution in [2.24, 2.45) is 0 Å². The lowest BCUT2D eigenvalue weighted by molar-refractivity contribution is 0.414. The second-order valence-corrected chi connectivity index (χ2v) is 6.17. The minimum absolute atomic E-state index is 0.221. The normalized spacial score (nSPS) is 15.7. The summed E-state index contributed by atoms with van der Waals surface area (Å²) in [6.45, 7) is 0. The molecule has 1 aliphatic carbocycles. The van der Waals surface area contributed by atoms with Gasteiger partial charge in [-0.2, -0.15) is 9.61 Å². The van der Waals surface area contributed by atoms with E-state index in [2.05, 4.69) is 15.3 Å². The third-order valence-electron chi connectivity index (χ3n) is 3.80. The zero-order chi connectivity index (χ0) is 13.5. The molecule has 102 valence electrons. The molecule has 1 aliphatic rings. The predicted molar refractivity (Wildman–Crippen MR) is 74.5 cm³/mol. The van der Waals surface area contributed by atoms with Gasteiger partial charge in [-0.25, -0.2) is 4.39 Å². The summed E-state index contributed by atoms with van der Waals surface area (Å²) in [6.07, 6.45) is 4.39. The van der Waals surface area contributed by atoms with Crippen LogP contribution in [0.15, 0.2) is 24.3 Å². The van der Waals surface area contributed by atoms with Crippen molar-refractivity contribution in [3.63, 3.8) is 0 Å². The van der Waals surface area contributed by atoms with Gasteiger partial charge in [0.1, 0.15) is 10.8 Å². The van der Waals surface area contributed by atoms with E-state index in [1.54, 1.807) is 23.5 Å². The molecule has 4 rings (SSSR count). The van der Waals surface area contributed by atoms with E-state index in [4.69, 9.17) is 0 Å². The van der Waals surface area contributed by atoms with Crippen LogP contribution in [0.5, 0.6) is 0 Å². The van der Waals surface area contributed by atoms with Crippen LogP contribution in [0.4, 0.5) is 4.39 Å². The molecule has 0 radical (unpaired) electrons. The Morgan fingerprint density at radius 2 is 2.00 bits per heavy atom. The van der Waals surface area contributed by atoms with Crippen LogP contribution < -0.4 is 0 Å². The van der Waals surface area contributed by atoms with Gasteiger partial charge in [0.25, 0.3) is 0 Å². The van der Waals surface area contributed by atoms with Gasteiger partial charge in [-0.1, -0.05) is 29.9 Å². The minimum atomic E-state index is -0.221. The Hall–Kier alpha value is -1.82. The lowest BCUT2D eigenvalue weighted by Crippen LogP contribution is -2.09. The van der Waals surface area contributed by atoms with E-state index in [0.29, 0.717) is 12.3 Å². The molecule has 0 saturated heterocycles. The molecule has 20 heavy (non-hydrogen) atoms. The predicted octanol–water partition coefficient (Wildman–Crippen LogP) is 3.18. The monoisotopic (exact) mass is 288 g/mol.